The van der Waals surface area contributed by atoms with E-state index in [2.05, 4.69) is 0 Å². The first kappa shape index (κ1) is 23.7. The van der Waals surface area contributed by atoms with Gasteiger partial charge in [0.1, 0.15) is 23.7 Å². The van der Waals surface area contributed by atoms with Crippen molar-refractivity contribution in [1.29, 1.82) is 0 Å². The van der Waals surface area contributed by atoms with Crippen molar-refractivity contribution in [3.8, 4) is 22.6 Å². The second-order valence-electron chi connectivity index (χ2n) is 7.20. The van der Waals surface area contributed by atoms with Crippen LogP contribution in [0.2, 0.25) is 10.0 Å². The normalized spacial score (nSPS) is 10.8. The van der Waals surface area contributed by atoms with Crippen LogP contribution in [0, 0.1) is 0 Å². The molecule has 0 fully saturated rings. The summed E-state index contributed by atoms with van der Waals surface area (Å²) in [6.45, 7) is 1.90. The largest absolute Gasteiger partial charge is 0.496 e. The standard InChI is InChI=1S/C26H20Cl2O6/c1-3-32-26(30)25-23(16-7-4-5-10-21(16)31-2)24(29)17-12-11-15(13-22(17)34-25)33-14-18-19(27)8-6-9-20(18)28/h4-13H,3,14H2,1-2H3. The number of hydrogen-bond acceptors (Lipinski definition) is 6. The van der Waals surface area contributed by atoms with Gasteiger partial charge in [-0.15, -0.1) is 0 Å². The zero-order valence-corrected chi connectivity index (χ0v) is 19.9. The van der Waals surface area contributed by atoms with Crippen LogP contribution in [0.4, 0.5) is 0 Å². The van der Waals surface area contributed by atoms with Gasteiger partial charge in [0.05, 0.1) is 24.7 Å². The van der Waals surface area contributed by atoms with Gasteiger partial charge in [-0.3, -0.25) is 4.79 Å². The van der Waals surface area contributed by atoms with Gasteiger partial charge in [-0.05, 0) is 37.3 Å². The Kier molecular flexibility index (Phi) is 7.10. The number of rotatable bonds is 7. The average Bonchev–Trinajstić information content (AvgIpc) is 2.83. The quantitative estimate of drug-likeness (QED) is 0.269. The van der Waals surface area contributed by atoms with Crippen molar-refractivity contribution in [3.05, 3.63) is 92.3 Å². The van der Waals surface area contributed by atoms with E-state index in [1.54, 1.807) is 61.5 Å². The Labute approximate surface area is 205 Å². The second-order valence-corrected chi connectivity index (χ2v) is 8.02. The molecule has 3 aromatic carbocycles. The summed E-state index contributed by atoms with van der Waals surface area (Å²) in [5.74, 6) is -0.130. The lowest BCUT2D eigenvalue weighted by Gasteiger charge is -2.13. The number of carbonyl (C=O) groups is 1. The summed E-state index contributed by atoms with van der Waals surface area (Å²) < 4.78 is 22.3. The van der Waals surface area contributed by atoms with Crippen LogP contribution in [0.1, 0.15) is 23.0 Å². The van der Waals surface area contributed by atoms with E-state index < -0.39 is 11.4 Å². The monoisotopic (exact) mass is 498 g/mol. The Morgan fingerprint density at radius 1 is 1.00 bits per heavy atom. The van der Waals surface area contributed by atoms with Crippen LogP contribution in [-0.2, 0) is 11.3 Å². The highest BCUT2D eigenvalue weighted by atomic mass is 35.5. The lowest BCUT2D eigenvalue weighted by atomic mass is 10.0. The first-order valence-corrected chi connectivity index (χ1v) is 11.2. The van der Waals surface area contributed by atoms with Crippen molar-refractivity contribution in [3.63, 3.8) is 0 Å². The third-order valence-electron chi connectivity index (χ3n) is 5.15. The molecule has 0 saturated heterocycles. The lowest BCUT2D eigenvalue weighted by molar-refractivity contribution is 0.0492. The molecule has 8 heteroatoms. The van der Waals surface area contributed by atoms with Gasteiger partial charge in [0, 0.05) is 27.2 Å². The summed E-state index contributed by atoms with van der Waals surface area (Å²) in [7, 11) is 1.49. The molecule has 0 aliphatic rings. The number of halogens is 2. The number of methoxy groups -OCH3 is 1. The Hall–Kier alpha value is -3.48. The first-order chi connectivity index (χ1) is 16.4. The minimum absolute atomic E-state index is 0.0694. The second kappa shape index (κ2) is 10.2. The van der Waals surface area contributed by atoms with Crippen LogP contribution in [0.25, 0.3) is 22.1 Å². The maximum absolute atomic E-state index is 13.5. The summed E-state index contributed by atoms with van der Waals surface area (Å²) in [6, 6.07) is 16.8. The summed E-state index contributed by atoms with van der Waals surface area (Å²) in [4.78, 5) is 26.3. The Bertz CT molecular complexity index is 1410. The van der Waals surface area contributed by atoms with Crippen molar-refractivity contribution in [2.45, 2.75) is 13.5 Å². The molecule has 0 radical (unpaired) electrons. The molecule has 1 aromatic heterocycles. The van der Waals surface area contributed by atoms with Crippen molar-refractivity contribution >= 4 is 40.1 Å². The van der Waals surface area contributed by atoms with Gasteiger partial charge in [0.25, 0.3) is 0 Å². The first-order valence-electron chi connectivity index (χ1n) is 10.4. The van der Waals surface area contributed by atoms with E-state index in [0.29, 0.717) is 32.7 Å². The topological polar surface area (TPSA) is 75.0 Å². The molecule has 0 spiro atoms. The van der Waals surface area contributed by atoms with Crippen molar-refractivity contribution in [2.75, 3.05) is 13.7 Å². The maximum Gasteiger partial charge on any atom is 0.375 e. The van der Waals surface area contributed by atoms with Gasteiger partial charge in [-0.2, -0.15) is 0 Å². The van der Waals surface area contributed by atoms with E-state index in [-0.39, 0.29) is 35.5 Å². The van der Waals surface area contributed by atoms with Crippen molar-refractivity contribution in [2.24, 2.45) is 0 Å². The highest BCUT2D eigenvalue weighted by molar-refractivity contribution is 6.35. The summed E-state index contributed by atoms with van der Waals surface area (Å²) in [5, 5.41) is 1.23. The smallest absolute Gasteiger partial charge is 0.375 e. The summed E-state index contributed by atoms with van der Waals surface area (Å²) >= 11 is 12.4. The number of hydrogen-bond donors (Lipinski definition) is 0. The van der Waals surface area contributed by atoms with Crippen LogP contribution in [0.3, 0.4) is 0 Å². The van der Waals surface area contributed by atoms with Gasteiger partial charge in [-0.1, -0.05) is 47.5 Å². The number of benzene rings is 3. The van der Waals surface area contributed by atoms with Crippen LogP contribution in [0.15, 0.2) is 69.9 Å². The third-order valence-corrected chi connectivity index (χ3v) is 5.85. The minimum atomic E-state index is -0.753. The van der Waals surface area contributed by atoms with Crippen LogP contribution in [0.5, 0.6) is 11.5 Å². The van der Waals surface area contributed by atoms with Gasteiger partial charge in [0.2, 0.25) is 11.2 Å². The number of carbonyl (C=O) groups excluding carboxylic acids is 1. The molecule has 0 N–H and O–H groups in total. The Morgan fingerprint density at radius 2 is 1.74 bits per heavy atom. The highest BCUT2D eigenvalue weighted by Crippen LogP contribution is 2.33. The molecule has 0 atom stereocenters. The molecule has 0 aliphatic carbocycles. The van der Waals surface area contributed by atoms with Crippen molar-refractivity contribution < 1.29 is 23.4 Å². The van der Waals surface area contributed by atoms with E-state index in [1.165, 1.54) is 13.2 Å². The maximum atomic E-state index is 13.5. The summed E-state index contributed by atoms with van der Waals surface area (Å²) in [6.07, 6.45) is 0. The van der Waals surface area contributed by atoms with Crippen LogP contribution >= 0.6 is 23.2 Å². The molecule has 0 saturated carbocycles. The third kappa shape index (κ3) is 4.60. The fraction of sp³-hybridized carbons (Fsp3) is 0.154. The van der Waals surface area contributed by atoms with E-state index in [9.17, 15) is 9.59 Å². The zero-order chi connectivity index (χ0) is 24.2. The molecular weight excluding hydrogens is 479 g/mol. The number of ether oxygens (including phenoxy) is 3. The molecule has 174 valence electrons. The van der Waals surface area contributed by atoms with E-state index in [1.807, 2.05) is 0 Å². The molecule has 4 rings (SSSR count). The highest BCUT2D eigenvalue weighted by Gasteiger charge is 2.25. The average molecular weight is 499 g/mol. The van der Waals surface area contributed by atoms with E-state index >= 15 is 0 Å². The number of para-hydroxylation sites is 1. The molecule has 0 bridgehead atoms. The predicted molar refractivity (Wildman–Crippen MR) is 131 cm³/mol. The number of fused-ring (bicyclic) bond motifs is 1. The molecular formula is C26H20Cl2O6. The fourth-order valence-electron chi connectivity index (χ4n) is 3.53. The fourth-order valence-corrected chi connectivity index (χ4v) is 4.03. The number of esters is 1. The van der Waals surface area contributed by atoms with Gasteiger partial charge in [-0.25, -0.2) is 4.79 Å². The Morgan fingerprint density at radius 3 is 2.44 bits per heavy atom. The van der Waals surface area contributed by atoms with E-state index in [0.717, 1.165) is 0 Å². The van der Waals surface area contributed by atoms with Gasteiger partial charge >= 0.3 is 5.97 Å². The summed E-state index contributed by atoms with van der Waals surface area (Å²) in [5.41, 5.74) is 0.910. The minimum Gasteiger partial charge on any atom is -0.496 e. The van der Waals surface area contributed by atoms with Crippen LogP contribution < -0.4 is 14.9 Å². The predicted octanol–water partition coefficient (Wildman–Crippen LogP) is 6.53. The van der Waals surface area contributed by atoms with Crippen LogP contribution in [-0.4, -0.2) is 19.7 Å². The molecule has 0 unspecified atom stereocenters. The van der Waals surface area contributed by atoms with Gasteiger partial charge < -0.3 is 18.6 Å². The molecule has 1 heterocycles. The lowest BCUT2D eigenvalue weighted by Crippen LogP contribution is -2.15. The molecule has 6 nitrogen and oxygen atoms in total. The molecule has 4 aromatic rings. The van der Waals surface area contributed by atoms with E-state index in [4.69, 9.17) is 41.8 Å². The Balaban J connectivity index is 1.82. The van der Waals surface area contributed by atoms with Crippen molar-refractivity contribution in [1.82, 2.24) is 0 Å². The SMILES string of the molecule is CCOC(=O)c1oc2cc(OCc3c(Cl)cccc3Cl)ccc2c(=O)c1-c1ccccc1OC. The zero-order valence-electron chi connectivity index (χ0n) is 18.4. The molecule has 0 amide bonds. The molecule has 0 aliphatic heterocycles. The van der Waals surface area contributed by atoms with Gasteiger partial charge in [0.15, 0.2) is 0 Å². The molecule has 34 heavy (non-hydrogen) atoms.